The molecule has 20 heavy (non-hydrogen) atoms. The lowest BCUT2D eigenvalue weighted by Gasteiger charge is -2.18. The highest BCUT2D eigenvalue weighted by Gasteiger charge is 2.15. The maximum atomic E-state index is 12.5. The molecule has 0 saturated heterocycles. The number of amides is 1. The van der Waals surface area contributed by atoms with E-state index in [1.807, 2.05) is 61.8 Å². The van der Waals surface area contributed by atoms with Crippen LogP contribution in [0, 0.1) is 0 Å². The van der Waals surface area contributed by atoms with E-state index < -0.39 is 0 Å². The van der Waals surface area contributed by atoms with E-state index >= 15 is 0 Å². The Labute approximate surface area is 128 Å². The van der Waals surface area contributed by atoms with Crippen LogP contribution >= 0.6 is 23.4 Å². The van der Waals surface area contributed by atoms with E-state index in [0.29, 0.717) is 11.6 Å². The second-order valence-corrected chi connectivity index (χ2v) is 5.77. The largest absolute Gasteiger partial charge is 0.337 e. The molecule has 2 aromatic rings. The zero-order chi connectivity index (χ0) is 14.5. The van der Waals surface area contributed by atoms with Gasteiger partial charge in [0.25, 0.3) is 5.91 Å². The first-order chi connectivity index (χ1) is 9.61. The van der Waals surface area contributed by atoms with Gasteiger partial charge in [0.2, 0.25) is 0 Å². The number of hydrogen-bond acceptors (Lipinski definition) is 2. The highest BCUT2D eigenvalue weighted by molar-refractivity contribution is 7.98. The molecule has 0 spiro atoms. The Morgan fingerprint density at radius 1 is 1.15 bits per heavy atom. The zero-order valence-corrected chi connectivity index (χ0v) is 13.0. The van der Waals surface area contributed by atoms with Crippen molar-refractivity contribution in [1.82, 2.24) is 4.90 Å². The van der Waals surface area contributed by atoms with Crippen LogP contribution in [0.1, 0.15) is 15.9 Å². The molecule has 1 amide bonds. The molecular formula is C16H16ClNOS. The molecule has 2 rings (SSSR count). The molecule has 104 valence electrons. The van der Waals surface area contributed by atoms with Crippen LogP contribution in [-0.4, -0.2) is 24.1 Å². The van der Waals surface area contributed by atoms with Crippen molar-refractivity contribution in [3.8, 4) is 0 Å². The van der Waals surface area contributed by atoms with Gasteiger partial charge in [0.1, 0.15) is 0 Å². The van der Waals surface area contributed by atoms with Crippen molar-refractivity contribution >= 4 is 29.3 Å². The zero-order valence-electron chi connectivity index (χ0n) is 11.5. The summed E-state index contributed by atoms with van der Waals surface area (Å²) in [6, 6.07) is 15.2. The predicted octanol–water partition coefficient (Wildman–Crippen LogP) is 4.33. The van der Waals surface area contributed by atoms with Crippen LogP contribution in [0.5, 0.6) is 0 Å². The van der Waals surface area contributed by atoms with Gasteiger partial charge in [-0.05, 0) is 36.1 Å². The molecule has 0 atom stereocenters. The number of rotatable bonds is 4. The van der Waals surface area contributed by atoms with Gasteiger partial charge in [-0.15, -0.1) is 11.8 Å². The smallest absolute Gasteiger partial charge is 0.255 e. The highest BCUT2D eigenvalue weighted by Crippen LogP contribution is 2.21. The summed E-state index contributed by atoms with van der Waals surface area (Å²) in [4.78, 5) is 15.2. The van der Waals surface area contributed by atoms with E-state index in [1.165, 1.54) is 0 Å². The van der Waals surface area contributed by atoms with Crippen LogP contribution in [0.25, 0.3) is 0 Å². The number of nitrogens with zero attached hydrogens (tertiary/aromatic N) is 1. The van der Waals surface area contributed by atoms with Gasteiger partial charge in [0.15, 0.2) is 0 Å². The summed E-state index contributed by atoms with van der Waals surface area (Å²) in [7, 11) is 1.81. The van der Waals surface area contributed by atoms with Gasteiger partial charge >= 0.3 is 0 Å². The van der Waals surface area contributed by atoms with Crippen molar-refractivity contribution < 1.29 is 4.79 Å². The fourth-order valence-electron chi connectivity index (χ4n) is 1.96. The SMILES string of the molecule is CSc1ccccc1C(=O)N(C)Cc1ccc(Cl)cc1. The van der Waals surface area contributed by atoms with E-state index in [-0.39, 0.29) is 5.91 Å². The molecule has 4 heteroatoms. The highest BCUT2D eigenvalue weighted by atomic mass is 35.5. The molecule has 2 nitrogen and oxygen atoms in total. The van der Waals surface area contributed by atoms with Gasteiger partial charge in [-0.2, -0.15) is 0 Å². The molecule has 0 heterocycles. The summed E-state index contributed by atoms with van der Waals surface area (Å²) in [5, 5.41) is 0.704. The Morgan fingerprint density at radius 2 is 1.80 bits per heavy atom. The average molecular weight is 306 g/mol. The quantitative estimate of drug-likeness (QED) is 0.783. The first-order valence-corrected chi connectivity index (χ1v) is 7.85. The number of carbonyl (C=O) groups is 1. The normalized spacial score (nSPS) is 10.3. The lowest BCUT2D eigenvalue weighted by molar-refractivity contribution is 0.0781. The molecule has 0 N–H and O–H groups in total. The summed E-state index contributed by atoms with van der Waals surface area (Å²) in [6.07, 6.45) is 1.98. The van der Waals surface area contributed by atoms with Gasteiger partial charge < -0.3 is 4.90 Å². The number of carbonyl (C=O) groups excluding carboxylic acids is 1. The maximum Gasteiger partial charge on any atom is 0.255 e. The van der Waals surface area contributed by atoms with Crippen molar-refractivity contribution in [2.24, 2.45) is 0 Å². The second-order valence-electron chi connectivity index (χ2n) is 4.49. The summed E-state index contributed by atoms with van der Waals surface area (Å²) in [6.45, 7) is 0.568. The molecule has 0 radical (unpaired) electrons. The fourth-order valence-corrected chi connectivity index (χ4v) is 2.68. The molecular weight excluding hydrogens is 290 g/mol. The molecule has 0 aliphatic heterocycles. The van der Waals surface area contributed by atoms with E-state index in [9.17, 15) is 4.79 Å². The van der Waals surface area contributed by atoms with Crippen LogP contribution in [-0.2, 0) is 6.54 Å². The number of benzene rings is 2. The van der Waals surface area contributed by atoms with Gasteiger partial charge in [-0.3, -0.25) is 4.79 Å². The lowest BCUT2D eigenvalue weighted by atomic mass is 10.1. The molecule has 0 aliphatic rings. The summed E-state index contributed by atoms with van der Waals surface area (Å²) >= 11 is 7.45. The summed E-state index contributed by atoms with van der Waals surface area (Å²) in [5.41, 5.74) is 1.81. The number of thioether (sulfide) groups is 1. The third kappa shape index (κ3) is 3.56. The molecule has 0 saturated carbocycles. The van der Waals surface area contributed by atoms with Crippen LogP contribution in [0.2, 0.25) is 5.02 Å². The third-order valence-electron chi connectivity index (χ3n) is 3.02. The Balaban J connectivity index is 2.14. The van der Waals surface area contributed by atoms with Crippen molar-refractivity contribution in [2.45, 2.75) is 11.4 Å². The van der Waals surface area contributed by atoms with E-state index in [4.69, 9.17) is 11.6 Å². The Kier molecular flexibility index (Phi) is 5.10. The summed E-state index contributed by atoms with van der Waals surface area (Å²) in [5.74, 6) is 0.0323. The number of hydrogen-bond donors (Lipinski definition) is 0. The van der Waals surface area contributed by atoms with Gasteiger partial charge in [-0.25, -0.2) is 0 Å². The van der Waals surface area contributed by atoms with Gasteiger partial charge in [0, 0.05) is 23.5 Å². The standard InChI is InChI=1S/C16H16ClNOS/c1-18(11-12-7-9-13(17)10-8-12)16(19)14-5-3-4-6-15(14)20-2/h3-10H,11H2,1-2H3. The van der Waals surface area contributed by atoms with Gasteiger partial charge in [0.05, 0.1) is 5.56 Å². The van der Waals surface area contributed by atoms with Crippen molar-refractivity contribution in [1.29, 1.82) is 0 Å². The van der Waals surface area contributed by atoms with Crippen molar-refractivity contribution in [3.05, 3.63) is 64.7 Å². The summed E-state index contributed by atoms with van der Waals surface area (Å²) < 4.78 is 0. The van der Waals surface area contributed by atoms with E-state index in [2.05, 4.69) is 0 Å². The second kappa shape index (κ2) is 6.82. The topological polar surface area (TPSA) is 20.3 Å². The minimum Gasteiger partial charge on any atom is -0.337 e. The Morgan fingerprint density at radius 3 is 2.45 bits per heavy atom. The van der Waals surface area contributed by atoms with Crippen molar-refractivity contribution in [2.75, 3.05) is 13.3 Å². The molecule has 0 bridgehead atoms. The maximum absolute atomic E-state index is 12.5. The minimum atomic E-state index is 0.0323. The fraction of sp³-hybridized carbons (Fsp3) is 0.188. The van der Waals surface area contributed by atoms with Gasteiger partial charge in [-0.1, -0.05) is 35.9 Å². The predicted molar refractivity (Wildman–Crippen MR) is 85.5 cm³/mol. The molecule has 0 fully saturated rings. The first kappa shape index (κ1) is 14.9. The monoisotopic (exact) mass is 305 g/mol. The third-order valence-corrected chi connectivity index (χ3v) is 4.06. The minimum absolute atomic E-state index is 0.0323. The average Bonchev–Trinajstić information content (AvgIpc) is 2.48. The lowest BCUT2D eigenvalue weighted by Crippen LogP contribution is -2.26. The molecule has 2 aromatic carbocycles. The van der Waals surface area contributed by atoms with Crippen LogP contribution in [0.4, 0.5) is 0 Å². The Hall–Kier alpha value is -1.45. The molecule has 0 unspecified atom stereocenters. The first-order valence-electron chi connectivity index (χ1n) is 6.24. The van der Waals surface area contributed by atoms with E-state index in [0.717, 1.165) is 16.0 Å². The van der Waals surface area contributed by atoms with Crippen molar-refractivity contribution in [3.63, 3.8) is 0 Å². The molecule has 0 aromatic heterocycles. The van der Waals surface area contributed by atoms with Crippen LogP contribution in [0.3, 0.4) is 0 Å². The van der Waals surface area contributed by atoms with E-state index in [1.54, 1.807) is 16.7 Å². The number of halogens is 1. The van der Waals surface area contributed by atoms with Crippen LogP contribution < -0.4 is 0 Å². The molecule has 0 aliphatic carbocycles. The Bertz CT molecular complexity index is 598. The van der Waals surface area contributed by atoms with Crippen LogP contribution in [0.15, 0.2) is 53.4 Å².